The van der Waals surface area contributed by atoms with Gasteiger partial charge >= 0.3 is 6.09 Å². The summed E-state index contributed by atoms with van der Waals surface area (Å²) in [7, 11) is -3.75. The fraction of sp³-hybridized carbons (Fsp3) is 0.625. The maximum atomic E-state index is 13.0. The van der Waals surface area contributed by atoms with Crippen LogP contribution in [0.25, 0.3) is 0 Å². The zero-order valence-electron chi connectivity index (χ0n) is 15.0. The van der Waals surface area contributed by atoms with Crippen LogP contribution in [0.15, 0.2) is 16.3 Å². The lowest BCUT2D eigenvalue weighted by Gasteiger charge is -2.36. The van der Waals surface area contributed by atoms with Crippen molar-refractivity contribution in [2.24, 2.45) is 0 Å². The minimum Gasteiger partial charge on any atom is -0.450 e. The second-order valence-corrected chi connectivity index (χ2v) is 10.2. The van der Waals surface area contributed by atoms with E-state index in [-0.39, 0.29) is 16.2 Å². The van der Waals surface area contributed by atoms with Crippen LogP contribution in [0.1, 0.15) is 19.8 Å². The first-order chi connectivity index (χ1) is 12.8. The molecule has 1 atom stereocenters. The minimum absolute atomic E-state index is 0.152. The Bertz CT molecular complexity index is 805. The van der Waals surface area contributed by atoms with Gasteiger partial charge in [-0.3, -0.25) is 4.79 Å². The van der Waals surface area contributed by atoms with Crippen molar-refractivity contribution < 1.29 is 22.7 Å². The van der Waals surface area contributed by atoms with E-state index in [1.165, 1.54) is 10.4 Å². The lowest BCUT2D eigenvalue weighted by molar-refractivity contribution is -0.136. The number of piperazine rings is 1. The molecule has 0 aromatic carbocycles. The van der Waals surface area contributed by atoms with Crippen molar-refractivity contribution in [3.63, 3.8) is 0 Å². The summed E-state index contributed by atoms with van der Waals surface area (Å²) in [6.07, 6.45) is 0.747. The highest BCUT2D eigenvalue weighted by molar-refractivity contribution is 7.91. The summed E-state index contributed by atoms with van der Waals surface area (Å²) in [5.41, 5.74) is 0. The SMILES string of the molecule is CCOC(=O)N1CCN(C(=O)C2CCCN2S(=O)(=O)c2ccc(Cl)s2)CC1. The largest absolute Gasteiger partial charge is 0.450 e. The standard InChI is InChI=1S/C16H22ClN3O5S2/c1-2-25-16(22)19-10-8-18(9-11-19)15(21)12-4-3-7-20(12)27(23,24)14-6-5-13(17)26-14/h5-6,12H,2-4,7-11H2,1H3. The van der Waals surface area contributed by atoms with E-state index in [0.29, 0.717) is 56.5 Å². The van der Waals surface area contributed by atoms with Gasteiger partial charge < -0.3 is 14.5 Å². The van der Waals surface area contributed by atoms with Gasteiger partial charge in [0.1, 0.15) is 10.3 Å². The third kappa shape index (κ3) is 4.23. The summed E-state index contributed by atoms with van der Waals surface area (Å²) < 4.78 is 32.6. The van der Waals surface area contributed by atoms with E-state index in [4.69, 9.17) is 16.3 Å². The predicted molar refractivity (Wildman–Crippen MR) is 101 cm³/mol. The highest BCUT2D eigenvalue weighted by atomic mass is 35.5. The van der Waals surface area contributed by atoms with Gasteiger partial charge in [-0.2, -0.15) is 4.31 Å². The number of nitrogens with zero attached hydrogens (tertiary/aromatic N) is 3. The molecule has 1 aromatic rings. The van der Waals surface area contributed by atoms with Gasteiger partial charge in [-0.15, -0.1) is 11.3 Å². The first-order valence-corrected chi connectivity index (χ1v) is 11.5. The molecule has 0 spiro atoms. The third-order valence-electron chi connectivity index (χ3n) is 4.72. The molecule has 0 N–H and O–H groups in total. The molecule has 11 heteroatoms. The summed E-state index contributed by atoms with van der Waals surface area (Å²) in [4.78, 5) is 27.9. The molecule has 1 aromatic heterocycles. The smallest absolute Gasteiger partial charge is 0.409 e. The van der Waals surface area contributed by atoms with E-state index in [1.807, 2.05) is 0 Å². The summed E-state index contributed by atoms with van der Waals surface area (Å²) in [6, 6.07) is 2.31. The fourth-order valence-corrected chi connectivity index (χ4v) is 6.62. The van der Waals surface area contributed by atoms with E-state index < -0.39 is 16.1 Å². The predicted octanol–water partition coefficient (Wildman–Crippen LogP) is 1.86. The molecule has 3 heterocycles. The number of hydrogen-bond donors (Lipinski definition) is 0. The molecule has 2 amide bonds. The van der Waals surface area contributed by atoms with E-state index in [1.54, 1.807) is 22.8 Å². The molecule has 27 heavy (non-hydrogen) atoms. The molecule has 0 saturated carbocycles. The van der Waals surface area contributed by atoms with Crippen LogP contribution in [0, 0.1) is 0 Å². The fourth-order valence-electron chi connectivity index (χ4n) is 3.36. The van der Waals surface area contributed by atoms with Gasteiger partial charge in [-0.05, 0) is 31.9 Å². The Labute approximate surface area is 167 Å². The molecular formula is C16H22ClN3O5S2. The number of thiophene rings is 1. The number of sulfonamides is 1. The second kappa shape index (κ2) is 8.34. The molecule has 0 radical (unpaired) electrons. The van der Waals surface area contributed by atoms with Crippen LogP contribution < -0.4 is 0 Å². The van der Waals surface area contributed by atoms with Gasteiger partial charge in [0, 0.05) is 32.7 Å². The van der Waals surface area contributed by atoms with Gasteiger partial charge in [0.15, 0.2) is 0 Å². The van der Waals surface area contributed by atoms with Crippen LogP contribution in [0.5, 0.6) is 0 Å². The number of halogens is 1. The number of carbonyl (C=O) groups is 2. The average molecular weight is 436 g/mol. The van der Waals surface area contributed by atoms with Crippen LogP contribution in [0.4, 0.5) is 4.79 Å². The summed E-state index contributed by atoms with van der Waals surface area (Å²) in [6.45, 7) is 3.86. The first kappa shape index (κ1) is 20.4. The van der Waals surface area contributed by atoms with Crippen LogP contribution in [-0.4, -0.2) is 79.9 Å². The van der Waals surface area contributed by atoms with Crippen molar-refractivity contribution in [2.75, 3.05) is 39.3 Å². The minimum atomic E-state index is -3.75. The molecule has 2 aliphatic rings. The van der Waals surface area contributed by atoms with Crippen molar-refractivity contribution in [1.29, 1.82) is 0 Å². The Kier molecular flexibility index (Phi) is 6.29. The molecule has 2 fully saturated rings. The number of rotatable bonds is 4. The van der Waals surface area contributed by atoms with Crippen molar-refractivity contribution >= 4 is 45.0 Å². The van der Waals surface area contributed by atoms with Gasteiger partial charge in [-0.25, -0.2) is 13.2 Å². The van der Waals surface area contributed by atoms with Gasteiger partial charge in [-0.1, -0.05) is 11.6 Å². The quantitative estimate of drug-likeness (QED) is 0.720. The number of amides is 2. The van der Waals surface area contributed by atoms with Gasteiger partial charge in [0.05, 0.1) is 10.9 Å². The van der Waals surface area contributed by atoms with Gasteiger partial charge in [0.2, 0.25) is 5.91 Å². The molecule has 2 aliphatic heterocycles. The van der Waals surface area contributed by atoms with Crippen LogP contribution in [0.3, 0.4) is 0 Å². The Morgan fingerprint density at radius 1 is 1.19 bits per heavy atom. The number of ether oxygens (including phenoxy) is 1. The molecule has 8 nitrogen and oxygen atoms in total. The summed E-state index contributed by atoms with van der Waals surface area (Å²) >= 11 is 6.87. The van der Waals surface area contributed by atoms with E-state index in [9.17, 15) is 18.0 Å². The number of hydrogen-bond acceptors (Lipinski definition) is 6. The van der Waals surface area contributed by atoms with Crippen LogP contribution >= 0.6 is 22.9 Å². The van der Waals surface area contributed by atoms with Crippen LogP contribution in [-0.2, 0) is 19.6 Å². The Morgan fingerprint density at radius 3 is 2.44 bits per heavy atom. The second-order valence-electron chi connectivity index (χ2n) is 6.34. The lowest BCUT2D eigenvalue weighted by Crippen LogP contribution is -2.55. The monoisotopic (exact) mass is 435 g/mol. The van der Waals surface area contributed by atoms with Crippen molar-refractivity contribution in [2.45, 2.75) is 30.0 Å². The normalized spacial score (nSPS) is 21.5. The maximum Gasteiger partial charge on any atom is 0.409 e. The molecular weight excluding hydrogens is 414 g/mol. The summed E-state index contributed by atoms with van der Waals surface area (Å²) in [5, 5.41) is 0. The Hall–Kier alpha value is -1.36. The number of carbonyl (C=O) groups excluding carboxylic acids is 2. The molecule has 1 unspecified atom stereocenters. The Balaban J connectivity index is 1.67. The third-order valence-corrected chi connectivity index (χ3v) is 8.32. The first-order valence-electron chi connectivity index (χ1n) is 8.82. The van der Waals surface area contributed by atoms with Crippen molar-refractivity contribution in [3.05, 3.63) is 16.5 Å². The van der Waals surface area contributed by atoms with Crippen molar-refractivity contribution in [1.82, 2.24) is 14.1 Å². The zero-order valence-corrected chi connectivity index (χ0v) is 17.4. The molecule has 2 saturated heterocycles. The maximum absolute atomic E-state index is 13.0. The molecule has 0 aliphatic carbocycles. The summed E-state index contributed by atoms with van der Waals surface area (Å²) in [5.74, 6) is -0.206. The highest BCUT2D eigenvalue weighted by Gasteiger charge is 2.42. The lowest BCUT2D eigenvalue weighted by atomic mass is 10.2. The van der Waals surface area contributed by atoms with Crippen molar-refractivity contribution in [3.8, 4) is 0 Å². The topological polar surface area (TPSA) is 87.2 Å². The zero-order chi connectivity index (χ0) is 19.6. The van der Waals surface area contributed by atoms with E-state index in [0.717, 1.165) is 11.3 Å². The van der Waals surface area contributed by atoms with E-state index >= 15 is 0 Å². The highest BCUT2D eigenvalue weighted by Crippen LogP contribution is 2.32. The molecule has 0 bridgehead atoms. The van der Waals surface area contributed by atoms with Gasteiger partial charge in [0.25, 0.3) is 10.0 Å². The Morgan fingerprint density at radius 2 is 1.85 bits per heavy atom. The van der Waals surface area contributed by atoms with Crippen LogP contribution in [0.2, 0.25) is 4.34 Å². The van der Waals surface area contributed by atoms with E-state index in [2.05, 4.69) is 0 Å². The molecule has 3 rings (SSSR count). The molecule has 150 valence electrons. The average Bonchev–Trinajstić information content (AvgIpc) is 3.31.